The highest BCUT2D eigenvalue weighted by atomic mass is 35.5. The Kier molecular flexibility index (Phi) is 4.62. The zero-order chi connectivity index (χ0) is 20.5. The molecular formula is C19H16ClN9. The Balaban J connectivity index is 1.82. The van der Waals surface area contributed by atoms with Gasteiger partial charge in [0.15, 0.2) is 5.82 Å². The second-order valence-electron chi connectivity index (χ2n) is 6.36. The molecule has 0 unspecified atom stereocenters. The predicted molar refractivity (Wildman–Crippen MR) is 111 cm³/mol. The van der Waals surface area contributed by atoms with E-state index < -0.39 is 0 Å². The smallest absolute Gasteiger partial charge is 0.224 e. The highest BCUT2D eigenvalue weighted by Crippen LogP contribution is 2.31. The van der Waals surface area contributed by atoms with Crippen LogP contribution in [0.25, 0.3) is 16.7 Å². The summed E-state index contributed by atoms with van der Waals surface area (Å²) < 4.78 is 1.96. The molecule has 0 aliphatic carbocycles. The lowest BCUT2D eigenvalue weighted by Gasteiger charge is -2.15. The lowest BCUT2D eigenvalue weighted by molar-refractivity contribution is 0.872. The summed E-state index contributed by atoms with van der Waals surface area (Å²) in [5.74, 6) is 0.275. The summed E-state index contributed by atoms with van der Waals surface area (Å²) in [6.07, 6.45) is 7.00. The molecule has 1 atom stereocenters. The Bertz CT molecular complexity index is 1240. The first-order valence-electron chi connectivity index (χ1n) is 8.64. The molecule has 0 saturated heterocycles. The molecule has 9 nitrogen and oxygen atoms in total. The van der Waals surface area contributed by atoms with E-state index in [1.54, 1.807) is 18.6 Å². The van der Waals surface area contributed by atoms with Crippen molar-refractivity contribution in [1.82, 2.24) is 24.5 Å². The number of nitriles is 1. The first-order valence-corrected chi connectivity index (χ1v) is 9.02. The lowest BCUT2D eigenvalue weighted by Crippen LogP contribution is -2.13. The summed E-state index contributed by atoms with van der Waals surface area (Å²) in [6.45, 7) is 1.92. The Morgan fingerprint density at radius 1 is 1.28 bits per heavy atom. The van der Waals surface area contributed by atoms with Crippen molar-refractivity contribution in [1.29, 1.82) is 5.26 Å². The van der Waals surface area contributed by atoms with Crippen molar-refractivity contribution in [3.8, 4) is 11.8 Å². The Morgan fingerprint density at radius 3 is 2.83 bits per heavy atom. The van der Waals surface area contributed by atoms with Crippen LogP contribution in [-0.2, 0) is 0 Å². The highest BCUT2D eigenvalue weighted by Gasteiger charge is 2.20. The number of rotatable bonds is 4. The van der Waals surface area contributed by atoms with Gasteiger partial charge in [-0.15, -0.1) is 0 Å². The average molecular weight is 406 g/mol. The predicted octanol–water partition coefficient (Wildman–Crippen LogP) is 3.07. The number of halogens is 1. The lowest BCUT2D eigenvalue weighted by atomic mass is 10.1. The van der Waals surface area contributed by atoms with Crippen LogP contribution in [0.3, 0.4) is 0 Å². The number of hydrogen-bond donors (Lipinski definition) is 3. The first kappa shape index (κ1) is 18.5. The molecule has 0 saturated carbocycles. The molecule has 4 heterocycles. The Hall–Kier alpha value is -3.90. The van der Waals surface area contributed by atoms with Crippen molar-refractivity contribution < 1.29 is 0 Å². The Morgan fingerprint density at radius 2 is 2.10 bits per heavy atom. The van der Waals surface area contributed by atoms with Gasteiger partial charge < -0.3 is 21.4 Å². The van der Waals surface area contributed by atoms with Gasteiger partial charge in [-0.3, -0.25) is 9.97 Å². The topological polar surface area (TPSA) is 144 Å². The molecule has 29 heavy (non-hydrogen) atoms. The summed E-state index contributed by atoms with van der Waals surface area (Å²) >= 11 is 6.18. The van der Waals surface area contributed by atoms with E-state index in [1.165, 1.54) is 0 Å². The number of nitrogens with zero attached hydrogens (tertiary/aromatic N) is 6. The van der Waals surface area contributed by atoms with Crippen LogP contribution in [0, 0.1) is 11.3 Å². The summed E-state index contributed by atoms with van der Waals surface area (Å²) in [7, 11) is 0. The standard InChI is InChI=1S/C19H16ClN9/c1-10(26-18-13(6-21)17(22)27-19(23)28-18)14-9-29(12-3-2-4-24-8-12)15-5-11(20)7-25-16(14)15/h2-5,7-10H,1H3,(H5,22,23,26,27,28)/t10-/m0/s1. The van der Waals surface area contributed by atoms with Crippen molar-refractivity contribution in [2.75, 3.05) is 16.8 Å². The fraction of sp³-hybridized carbons (Fsp3) is 0.105. The summed E-state index contributed by atoms with van der Waals surface area (Å²) in [4.78, 5) is 16.6. The SMILES string of the molecule is C[C@H](Nc1nc(N)nc(N)c1C#N)c1cn(-c2cccnc2)c2cc(Cl)cnc12. The molecule has 144 valence electrons. The van der Waals surface area contributed by atoms with Crippen LogP contribution in [-0.4, -0.2) is 24.5 Å². The van der Waals surface area contributed by atoms with Gasteiger partial charge in [-0.2, -0.15) is 15.2 Å². The van der Waals surface area contributed by atoms with Crippen LogP contribution >= 0.6 is 11.6 Å². The van der Waals surface area contributed by atoms with E-state index in [2.05, 4.69) is 25.3 Å². The number of pyridine rings is 2. The molecule has 4 aromatic heterocycles. The van der Waals surface area contributed by atoms with Gasteiger partial charge in [0.2, 0.25) is 5.95 Å². The van der Waals surface area contributed by atoms with Crippen LogP contribution < -0.4 is 16.8 Å². The minimum absolute atomic E-state index is 0.0149. The largest absolute Gasteiger partial charge is 0.382 e. The number of anilines is 3. The van der Waals surface area contributed by atoms with Crippen molar-refractivity contribution in [2.24, 2.45) is 0 Å². The maximum Gasteiger partial charge on any atom is 0.224 e. The number of nitrogens with two attached hydrogens (primary N) is 2. The van der Waals surface area contributed by atoms with Crippen molar-refractivity contribution in [3.63, 3.8) is 0 Å². The van der Waals surface area contributed by atoms with Gasteiger partial charge in [0, 0.05) is 24.2 Å². The van der Waals surface area contributed by atoms with Gasteiger partial charge in [0.1, 0.15) is 17.5 Å². The molecule has 0 aromatic carbocycles. The number of nitrogen functional groups attached to an aromatic ring is 2. The third kappa shape index (κ3) is 3.37. The van der Waals surface area contributed by atoms with Gasteiger partial charge in [-0.1, -0.05) is 11.6 Å². The molecule has 4 aromatic rings. The van der Waals surface area contributed by atoms with Crippen LogP contribution in [0.15, 0.2) is 43.0 Å². The van der Waals surface area contributed by atoms with E-state index in [9.17, 15) is 5.26 Å². The molecule has 0 aliphatic heterocycles. The van der Waals surface area contributed by atoms with Crippen LogP contribution in [0.1, 0.15) is 24.1 Å². The third-order valence-electron chi connectivity index (χ3n) is 4.45. The van der Waals surface area contributed by atoms with E-state index in [0.717, 1.165) is 22.3 Å². The molecule has 10 heteroatoms. The second kappa shape index (κ2) is 7.26. The molecule has 0 spiro atoms. The summed E-state index contributed by atoms with van der Waals surface area (Å²) in [5.41, 5.74) is 15.0. The normalized spacial score (nSPS) is 11.9. The summed E-state index contributed by atoms with van der Waals surface area (Å²) in [6, 6.07) is 7.37. The van der Waals surface area contributed by atoms with Crippen LogP contribution in [0.4, 0.5) is 17.6 Å². The highest BCUT2D eigenvalue weighted by molar-refractivity contribution is 6.31. The molecular weight excluding hydrogens is 390 g/mol. The third-order valence-corrected chi connectivity index (χ3v) is 4.65. The van der Waals surface area contributed by atoms with E-state index >= 15 is 0 Å². The Labute approximate surface area is 171 Å². The quantitative estimate of drug-likeness (QED) is 0.469. The van der Waals surface area contributed by atoms with E-state index in [1.807, 2.05) is 42.0 Å². The first-order chi connectivity index (χ1) is 14.0. The van der Waals surface area contributed by atoms with E-state index in [4.69, 9.17) is 23.1 Å². The summed E-state index contributed by atoms with van der Waals surface area (Å²) in [5, 5.41) is 13.1. The van der Waals surface area contributed by atoms with Gasteiger partial charge >= 0.3 is 0 Å². The van der Waals surface area contributed by atoms with Crippen molar-refractivity contribution >= 4 is 40.2 Å². The molecule has 0 fully saturated rings. The minimum atomic E-state index is -0.273. The molecule has 0 radical (unpaired) electrons. The number of aromatic nitrogens is 5. The van der Waals surface area contributed by atoms with E-state index in [-0.39, 0.29) is 29.2 Å². The molecule has 5 N–H and O–H groups in total. The van der Waals surface area contributed by atoms with Gasteiger partial charge in [0.05, 0.1) is 34.0 Å². The zero-order valence-electron chi connectivity index (χ0n) is 15.3. The van der Waals surface area contributed by atoms with Crippen LogP contribution in [0.5, 0.6) is 0 Å². The van der Waals surface area contributed by atoms with Gasteiger partial charge in [0.25, 0.3) is 0 Å². The number of nitrogens with one attached hydrogen (secondary N) is 1. The average Bonchev–Trinajstić information content (AvgIpc) is 3.07. The maximum atomic E-state index is 9.40. The fourth-order valence-electron chi connectivity index (χ4n) is 3.12. The van der Waals surface area contributed by atoms with Gasteiger partial charge in [-0.25, -0.2) is 0 Å². The molecule has 4 rings (SSSR count). The van der Waals surface area contributed by atoms with Crippen molar-refractivity contribution in [2.45, 2.75) is 13.0 Å². The van der Waals surface area contributed by atoms with E-state index in [0.29, 0.717) is 5.02 Å². The minimum Gasteiger partial charge on any atom is -0.382 e. The fourth-order valence-corrected chi connectivity index (χ4v) is 3.28. The second-order valence-corrected chi connectivity index (χ2v) is 6.79. The number of fused-ring (bicyclic) bond motifs is 1. The molecule has 0 bridgehead atoms. The zero-order valence-corrected chi connectivity index (χ0v) is 16.1. The monoisotopic (exact) mass is 405 g/mol. The molecule has 0 aliphatic rings. The van der Waals surface area contributed by atoms with Crippen LogP contribution in [0.2, 0.25) is 5.02 Å². The maximum absolute atomic E-state index is 9.40. The van der Waals surface area contributed by atoms with Gasteiger partial charge in [-0.05, 0) is 25.1 Å². The number of hydrogen-bond acceptors (Lipinski definition) is 8. The van der Waals surface area contributed by atoms with Crippen molar-refractivity contribution in [3.05, 3.63) is 59.1 Å². The molecule has 0 amide bonds.